The van der Waals surface area contributed by atoms with Crippen LogP contribution in [0.3, 0.4) is 0 Å². The van der Waals surface area contributed by atoms with Crippen LogP contribution in [0, 0.1) is 0 Å². The molecule has 8 nitrogen and oxygen atoms in total. The number of hydrogen-bond acceptors (Lipinski definition) is 7. The molecule has 0 bridgehead atoms. The third-order valence-corrected chi connectivity index (χ3v) is 6.55. The number of benzene rings is 3. The zero-order valence-corrected chi connectivity index (χ0v) is 19.2. The Bertz CT molecular complexity index is 1410. The number of para-hydroxylation sites is 2. The fraction of sp³-hybridized carbons (Fsp3) is 0.0455. The van der Waals surface area contributed by atoms with Gasteiger partial charge in [-0.2, -0.15) is 23.7 Å². The lowest BCUT2D eigenvalue weighted by molar-refractivity contribution is 0.284. The van der Waals surface area contributed by atoms with E-state index in [0.29, 0.717) is 32.9 Å². The molecule has 11 heteroatoms. The Kier molecular flexibility index (Phi) is 6.59. The number of aromatic nitrogens is 2. The van der Waals surface area contributed by atoms with Gasteiger partial charge in [0.2, 0.25) is 0 Å². The first kappa shape index (κ1) is 23.1. The lowest BCUT2D eigenvalue weighted by atomic mass is 10.1. The van der Waals surface area contributed by atoms with Gasteiger partial charge in [-0.3, -0.25) is 0 Å². The lowest BCUT2D eigenvalue weighted by Gasteiger charge is -2.09. The van der Waals surface area contributed by atoms with Crippen molar-refractivity contribution in [3.63, 3.8) is 0 Å². The summed E-state index contributed by atoms with van der Waals surface area (Å²) < 4.78 is 35.0. The number of rotatable bonds is 7. The molecule has 0 unspecified atom stereocenters. The van der Waals surface area contributed by atoms with Crippen molar-refractivity contribution in [2.24, 2.45) is 5.90 Å². The molecule has 4 rings (SSSR count). The molecular formula is C22H17Cl2N3O5S. The van der Waals surface area contributed by atoms with E-state index in [0.717, 1.165) is 5.56 Å². The van der Waals surface area contributed by atoms with Crippen molar-refractivity contribution in [1.29, 1.82) is 0 Å². The monoisotopic (exact) mass is 505 g/mol. The van der Waals surface area contributed by atoms with Gasteiger partial charge in [-0.05, 0) is 54.6 Å². The van der Waals surface area contributed by atoms with Gasteiger partial charge in [0.25, 0.3) is 0 Å². The van der Waals surface area contributed by atoms with Crippen LogP contribution < -0.4 is 10.6 Å². The molecule has 0 saturated heterocycles. The highest BCUT2D eigenvalue weighted by molar-refractivity contribution is 7.86. The third-order valence-electron chi connectivity index (χ3n) is 4.71. The summed E-state index contributed by atoms with van der Waals surface area (Å²) in [4.78, 5) is -0.0971. The van der Waals surface area contributed by atoms with Gasteiger partial charge in [-0.1, -0.05) is 41.4 Å². The summed E-state index contributed by atoms with van der Waals surface area (Å²) in [5, 5.41) is 15.3. The van der Waals surface area contributed by atoms with Gasteiger partial charge in [0.05, 0.1) is 26.3 Å². The SMILES string of the molecule is NOS(=O)(=O)c1ccc(-n2nc(COc3ccccc3O)cc2-c2ccc(Cl)c(Cl)c2)cc1. The normalized spacial score (nSPS) is 11.5. The number of hydrogen-bond donors (Lipinski definition) is 2. The predicted molar refractivity (Wildman–Crippen MR) is 124 cm³/mol. The minimum Gasteiger partial charge on any atom is -0.504 e. The van der Waals surface area contributed by atoms with Gasteiger partial charge in [-0.15, -0.1) is 0 Å². The van der Waals surface area contributed by atoms with E-state index in [2.05, 4.69) is 9.38 Å². The van der Waals surface area contributed by atoms with Gasteiger partial charge in [0, 0.05) is 5.56 Å². The van der Waals surface area contributed by atoms with Crippen LogP contribution in [-0.2, 0) is 21.0 Å². The van der Waals surface area contributed by atoms with Crippen molar-refractivity contribution >= 4 is 33.3 Å². The number of phenols is 1. The van der Waals surface area contributed by atoms with Crippen LogP contribution >= 0.6 is 23.2 Å². The Labute approximate surface area is 199 Å². The zero-order valence-electron chi connectivity index (χ0n) is 16.9. The number of nitrogens with zero attached hydrogens (tertiary/aromatic N) is 2. The Morgan fingerprint density at radius 2 is 1.70 bits per heavy atom. The average Bonchev–Trinajstić information content (AvgIpc) is 3.25. The molecule has 0 radical (unpaired) electrons. The molecule has 0 atom stereocenters. The number of ether oxygens (including phenoxy) is 1. The molecule has 0 fully saturated rings. The van der Waals surface area contributed by atoms with E-state index < -0.39 is 10.1 Å². The number of phenolic OH excluding ortho intramolecular Hbond substituents is 1. The first-order chi connectivity index (χ1) is 15.8. The molecule has 0 amide bonds. The van der Waals surface area contributed by atoms with E-state index in [1.165, 1.54) is 18.2 Å². The van der Waals surface area contributed by atoms with E-state index in [-0.39, 0.29) is 17.3 Å². The van der Waals surface area contributed by atoms with E-state index in [1.807, 2.05) is 0 Å². The number of halogens is 2. The predicted octanol–water partition coefficient (Wildman–Crippen LogP) is 4.71. The second-order valence-electron chi connectivity index (χ2n) is 6.86. The number of aromatic hydroxyl groups is 1. The Balaban J connectivity index is 1.74. The summed E-state index contributed by atoms with van der Waals surface area (Å²) in [5.74, 6) is 5.18. The molecule has 1 aromatic heterocycles. The summed E-state index contributed by atoms with van der Waals surface area (Å²) in [6.07, 6.45) is 0. The van der Waals surface area contributed by atoms with Gasteiger partial charge in [0.15, 0.2) is 11.5 Å². The highest BCUT2D eigenvalue weighted by Crippen LogP contribution is 2.31. The fourth-order valence-electron chi connectivity index (χ4n) is 3.10. The quantitative estimate of drug-likeness (QED) is 0.349. The average molecular weight is 506 g/mol. The highest BCUT2D eigenvalue weighted by atomic mass is 35.5. The topological polar surface area (TPSA) is 117 Å². The molecule has 3 aromatic carbocycles. The van der Waals surface area contributed by atoms with Gasteiger partial charge in [0.1, 0.15) is 12.3 Å². The summed E-state index contributed by atoms with van der Waals surface area (Å²) in [5.41, 5.74) is 2.52. The van der Waals surface area contributed by atoms with Crippen LogP contribution in [-0.4, -0.2) is 23.3 Å². The summed E-state index contributed by atoms with van der Waals surface area (Å²) in [7, 11) is -4.04. The third kappa shape index (κ3) is 4.97. The standard InChI is InChI=1S/C22H17Cl2N3O5S/c23-18-10-5-14(11-19(18)24)20-12-15(13-31-22-4-2-1-3-21(22)28)26-27(20)16-6-8-17(9-7-16)33(29,30)32-25/h1-12,28H,13,25H2. The van der Waals surface area contributed by atoms with Crippen LogP contribution in [0.1, 0.15) is 5.69 Å². The first-order valence-corrected chi connectivity index (χ1v) is 11.6. The number of nitrogens with two attached hydrogens (primary N) is 1. The molecule has 0 aliphatic heterocycles. The Morgan fingerprint density at radius 1 is 0.970 bits per heavy atom. The van der Waals surface area contributed by atoms with Crippen molar-refractivity contribution < 1.29 is 22.5 Å². The first-order valence-electron chi connectivity index (χ1n) is 9.47. The van der Waals surface area contributed by atoms with E-state index >= 15 is 0 Å². The summed E-state index contributed by atoms with van der Waals surface area (Å²) >= 11 is 12.3. The zero-order chi connectivity index (χ0) is 23.6. The summed E-state index contributed by atoms with van der Waals surface area (Å²) in [6, 6.07) is 19.4. The molecule has 4 aromatic rings. The largest absolute Gasteiger partial charge is 0.504 e. The smallest absolute Gasteiger partial charge is 0.312 e. The van der Waals surface area contributed by atoms with E-state index in [1.54, 1.807) is 59.3 Å². The molecule has 0 aliphatic carbocycles. The highest BCUT2D eigenvalue weighted by Gasteiger charge is 2.17. The molecule has 3 N–H and O–H groups in total. The molecule has 33 heavy (non-hydrogen) atoms. The van der Waals surface area contributed by atoms with Gasteiger partial charge >= 0.3 is 10.1 Å². The van der Waals surface area contributed by atoms with Crippen LogP contribution in [0.5, 0.6) is 11.5 Å². The molecule has 170 valence electrons. The van der Waals surface area contributed by atoms with Crippen LogP contribution in [0.4, 0.5) is 0 Å². The Hall–Kier alpha value is -3.08. The maximum atomic E-state index is 11.8. The molecule has 0 aliphatic rings. The Morgan fingerprint density at radius 3 is 2.36 bits per heavy atom. The molecule has 1 heterocycles. The van der Waals surface area contributed by atoms with E-state index in [4.69, 9.17) is 33.8 Å². The summed E-state index contributed by atoms with van der Waals surface area (Å²) in [6.45, 7) is 0.0758. The van der Waals surface area contributed by atoms with Gasteiger partial charge in [-0.25, -0.2) is 4.68 Å². The lowest BCUT2D eigenvalue weighted by Crippen LogP contribution is -2.11. The van der Waals surface area contributed by atoms with Crippen LogP contribution in [0.25, 0.3) is 16.9 Å². The van der Waals surface area contributed by atoms with Crippen molar-refractivity contribution in [3.05, 3.63) is 88.5 Å². The second kappa shape index (κ2) is 9.42. The van der Waals surface area contributed by atoms with Crippen molar-refractivity contribution in [2.75, 3.05) is 0 Å². The van der Waals surface area contributed by atoms with E-state index in [9.17, 15) is 13.5 Å². The van der Waals surface area contributed by atoms with Crippen LogP contribution in [0.15, 0.2) is 77.7 Å². The van der Waals surface area contributed by atoms with Crippen molar-refractivity contribution in [3.8, 4) is 28.4 Å². The molecule has 0 spiro atoms. The maximum Gasteiger partial charge on any atom is 0.312 e. The second-order valence-corrected chi connectivity index (χ2v) is 9.25. The van der Waals surface area contributed by atoms with Crippen LogP contribution in [0.2, 0.25) is 10.0 Å². The van der Waals surface area contributed by atoms with Crippen molar-refractivity contribution in [2.45, 2.75) is 11.5 Å². The molecule has 0 saturated carbocycles. The maximum absolute atomic E-state index is 11.8. The molecular weight excluding hydrogens is 489 g/mol. The minimum absolute atomic E-state index is 0.0144. The minimum atomic E-state index is -4.04. The fourth-order valence-corrected chi connectivity index (χ4v) is 3.98. The van der Waals surface area contributed by atoms with Gasteiger partial charge < -0.3 is 9.84 Å². The van der Waals surface area contributed by atoms with Crippen molar-refractivity contribution in [1.82, 2.24) is 9.78 Å².